The number of aliphatic hydroxyl groups is 2. The van der Waals surface area contributed by atoms with Gasteiger partial charge in [-0.05, 0) is 24.7 Å². The quantitative estimate of drug-likeness (QED) is 0.408. The summed E-state index contributed by atoms with van der Waals surface area (Å²) in [6, 6.07) is 0. The van der Waals surface area contributed by atoms with Crippen LogP contribution in [0, 0.1) is 28.1 Å². The van der Waals surface area contributed by atoms with E-state index in [1.54, 1.807) is 0 Å². The molecule has 0 aromatic carbocycles. The van der Waals surface area contributed by atoms with Crippen LogP contribution in [0.5, 0.6) is 0 Å². The highest BCUT2D eigenvalue weighted by Gasteiger charge is 3.01. The summed E-state index contributed by atoms with van der Waals surface area (Å²) in [6.45, 7) is 7.47. The predicted molar refractivity (Wildman–Crippen MR) is 90.6 cm³/mol. The lowest BCUT2D eigenvalue weighted by atomic mass is 9.51. The predicted octanol–water partition coefficient (Wildman–Crippen LogP) is -0.340. The van der Waals surface area contributed by atoms with E-state index in [-0.39, 0.29) is 17.8 Å². The number of carbonyl (C=O) groups excluding carboxylic acids is 3. The summed E-state index contributed by atoms with van der Waals surface area (Å²) in [6.07, 6.45) is -3.96. The molecule has 6 aliphatic rings. The lowest BCUT2D eigenvalue weighted by Crippen LogP contribution is -2.66. The molecule has 9 nitrogen and oxygen atoms in total. The molecular weight excluding hydrogens is 384 g/mol. The Morgan fingerprint density at radius 2 is 1.72 bits per heavy atom. The van der Waals surface area contributed by atoms with E-state index in [2.05, 4.69) is 0 Å². The maximum Gasteiger partial charge on any atom is 0.342 e. The second-order valence-electron chi connectivity index (χ2n) is 10.6. The van der Waals surface area contributed by atoms with Crippen molar-refractivity contribution in [1.82, 2.24) is 0 Å². The van der Waals surface area contributed by atoms with Gasteiger partial charge in [0.25, 0.3) is 0 Å². The third-order valence-corrected chi connectivity index (χ3v) is 8.97. The van der Waals surface area contributed by atoms with Crippen LogP contribution in [0.15, 0.2) is 0 Å². The van der Waals surface area contributed by atoms with E-state index in [4.69, 9.17) is 18.9 Å². The molecule has 0 amide bonds. The van der Waals surface area contributed by atoms with Crippen LogP contribution in [-0.4, -0.2) is 63.9 Å². The third kappa shape index (κ3) is 1.35. The zero-order valence-corrected chi connectivity index (χ0v) is 16.6. The summed E-state index contributed by atoms with van der Waals surface area (Å²) in [5.74, 6) is -3.52. The Labute approximate surface area is 166 Å². The van der Waals surface area contributed by atoms with Crippen molar-refractivity contribution >= 4 is 17.9 Å². The van der Waals surface area contributed by atoms with E-state index >= 15 is 0 Å². The number of carbonyl (C=O) groups is 3. The number of fused-ring (bicyclic) bond motifs is 1. The third-order valence-electron chi connectivity index (χ3n) is 8.97. The molecule has 2 spiro atoms. The van der Waals surface area contributed by atoms with Crippen LogP contribution in [0.4, 0.5) is 0 Å². The largest absolute Gasteiger partial charge is 0.459 e. The molecule has 6 fully saturated rings. The molecule has 0 bridgehead atoms. The van der Waals surface area contributed by atoms with Crippen molar-refractivity contribution in [2.75, 3.05) is 0 Å². The lowest BCUT2D eigenvalue weighted by molar-refractivity contribution is -0.238. The molecule has 0 radical (unpaired) electrons. The topological polar surface area (TPSA) is 129 Å². The average molecular weight is 408 g/mol. The number of hydrogen-bond donors (Lipinski definition) is 2. The molecule has 0 unspecified atom stereocenters. The van der Waals surface area contributed by atoms with Gasteiger partial charge in [0.15, 0.2) is 11.7 Å². The molecule has 0 aromatic rings. The molecule has 2 aliphatic carbocycles. The Kier molecular flexibility index (Phi) is 2.79. The van der Waals surface area contributed by atoms with Crippen molar-refractivity contribution in [2.45, 2.75) is 76.3 Å². The maximum atomic E-state index is 13.3. The van der Waals surface area contributed by atoms with Gasteiger partial charge in [0.1, 0.15) is 12.2 Å². The first kappa shape index (κ1) is 18.1. The van der Waals surface area contributed by atoms with E-state index in [1.165, 1.54) is 6.92 Å². The lowest BCUT2D eigenvalue weighted by Gasteiger charge is -2.46. The first-order valence-corrected chi connectivity index (χ1v) is 10.1. The van der Waals surface area contributed by atoms with E-state index in [1.807, 2.05) is 20.8 Å². The van der Waals surface area contributed by atoms with Crippen LogP contribution >= 0.6 is 0 Å². The Hall–Kier alpha value is -1.71. The zero-order chi connectivity index (χ0) is 20.9. The van der Waals surface area contributed by atoms with E-state index in [0.29, 0.717) is 6.42 Å². The Morgan fingerprint density at radius 1 is 1.03 bits per heavy atom. The summed E-state index contributed by atoms with van der Waals surface area (Å²) in [5, 5.41) is 23.0. The summed E-state index contributed by atoms with van der Waals surface area (Å²) >= 11 is 0. The second kappa shape index (κ2) is 4.48. The van der Waals surface area contributed by atoms with E-state index in [0.717, 1.165) is 0 Å². The van der Waals surface area contributed by atoms with Crippen LogP contribution in [0.1, 0.15) is 40.5 Å². The molecule has 29 heavy (non-hydrogen) atoms. The highest BCUT2D eigenvalue weighted by Crippen LogP contribution is 2.84. The van der Waals surface area contributed by atoms with Gasteiger partial charge in [-0.25, -0.2) is 9.59 Å². The van der Waals surface area contributed by atoms with Gasteiger partial charge in [-0.3, -0.25) is 4.79 Å². The van der Waals surface area contributed by atoms with Gasteiger partial charge >= 0.3 is 17.9 Å². The van der Waals surface area contributed by atoms with Gasteiger partial charge in [-0.15, -0.1) is 0 Å². The van der Waals surface area contributed by atoms with Crippen molar-refractivity contribution in [3.63, 3.8) is 0 Å². The Bertz CT molecular complexity index is 893. The van der Waals surface area contributed by atoms with Gasteiger partial charge in [0.05, 0.1) is 16.7 Å². The fraction of sp³-hybridized carbons (Fsp3) is 0.850. The number of aliphatic hydroxyl groups excluding tert-OH is 1. The first-order valence-electron chi connectivity index (χ1n) is 10.1. The van der Waals surface area contributed by atoms with Crippen LogP contribution in [0.25, 0.3) is 0 Å². The van der Waals surface area contributed by atoms with Crippen LogP contribution in [0.3, 0.4) is 0 Å². The Balaban J connectivity index is 1.68. The SMILES string of the molecule is C[C@@H]1C(=O)O[C@@H]2C[C@]34[C@@H]5C[C@H](C(C)(C)C)[C@]36[C@H](OC(=O)[C@@H]6O)O[C@@]4(C(=O)O5)[C@@]12O. The van der Waals surface area contributed by atoms with Gasteiger partial charge < -0.3 is 29.2 Å². The average Bonchev–Trinajstić information content (AvgIpc) is 3.31. The van der Waals surface area contributed by atoms with E-state index < -0.39 is 70.5 Å². The zero-order valence-electron chi connectivity index (χ0n) is 16.6. The highest BCUT2D eigenvalue weighted by molar-refractivity contribution is 5.93. The number of hydrogen-bond acceptors (Lipinski definition) is 9. The molecule has 2 saturated carbocycles. The van der Waals surface area contributed by atoms with Crippen LogP contribution in [0.2, 0.25) is 0 Å². The number of ether oxygens (including phenoxy) is 4. The maximum absolute atomic E-state index is 13.3. The fourth-order valence-electron chi connectivity index (χ4n) is 8.06. The second-order valence-corrected chi connectivity index (χ2v) is 10.6. The molecule has 2 N–H and O–H groups in total. The molecule has 6 rings (SSSR count). The van der Waals surface area contributed by atoms with Crippen LogP contribution < -0.4 is 0 Å². The Morgan fingerprint density at radius 3 is 2.38 bits per heavy atom. The van der Waals surface area contributed by atoms with Crippen molar-refractivity contribution in [3.8, 4) is 0 Å². The molecular formula is C20H24O9. The normalized spacial score (nSPS) is 59.2. The van der Waals surface area contributed by atoms with E-state index in [9.17, 15) is 24.6 Å². The summed E-state index contributed by atoms with van der Waals surface area (Å²) < 4.78 is 22.9. The first-order chi connectivity index (χ1) is 13.4. The fourth-order valence-corrected chi connectivity index (χ4v) is 8.06. The van der Waals surface area contributed by atoms with Crippen molar-refractivity contribution in [2.24, 2.45) is 28.1 Å². The minimum atomic E-state index is -1.97. The molecule has 10 atom stereocenters. The molecule has 4 saturated heterocycles. The molecule has 4 heterocycles. The molecule has 158 valence electrons. The minimum Gasteiger partial charge on any atom is -0.459 e. The van der Waals surface area contributed by atoms with Gasteiger partial charge in [0.2, 0.25) is 11.9 Å². The smallest absolute Gasteiger partial charge is 0.342 e. The minimum absolute atomic E-state index is 0.0623. The highest BCUT2D eigenvalue weighted by atomic mass is 16.8. The molecule has 9 heteroatoms. The van der Waals surface area contributed by atoms with Gasteiger partial charge in [0, 0.05) is 6.42 Å². The number of rotatable bonds is 0. The van der Waals surface area contributed by atoms with Crippen LogP contribution in [-0.2, 0) is 33.3 Å². The summed E-state index contributed by atoms with van der Waals surface area (Å²) in [5.41, 5.74) is -6.81. The molecule has 0 aromatic heterocycles. The number of esters is 3. The summed E-state index contributed by atoms with van der Waals surface area (Å²) in [4.78, 5) is 38.1. The standard InChI is InChI=1S/C20H24O9/c1-7-12(22)26-10-6-17-9-5-8(16(2,3)4)18(17)11(21)13(23)28-15(18)29-20(17,14(24)27-9)19(7,10)25/h7-11,15,21,25H,5-6H2,1-4H3/t7-,8-,9+,10-,11+,15-,17+,18+,19-,20-/m1/s1. The van der Waals surface area contributed by atoms with Gasteiger partial charge in [-0.1, -0.05) is 20.8 Å². The summed E-state index contributed by atoms with van der Waals surface area (Å²) in [7, 11) is 0. The van der Waals surface area contributed by atoms with Crippen molar-refractivity contribution in [1.29, 1.82) is 0 Å². The van der Waals surface area contributed by atoms with Gasteiger partial charge in [-0.2, -0.15) is 0 Å². The van der Waals surface area contributed by atoms with Crippen molar-refractivity contribution < 1.29 is 43.5 Å². The monoisotopic (exact) mass is 408 g/mol. The van der Waals surface area contributed by atoms with Crippen molar-refractivity contribution in [3.05, 3.63) is 0 Å². The molecule has 4 aliphatic heterocycles.